The second-order valence-corrected chi connectivity index (χ2v) is 32.5. The van der Waals surface area contributed by atoms with E-state index in [1.54, 1.807) is 0 Å². The Bertz CT molecular complexity index is 482. The maximum atomic E-state index is 14.6. The van der Waals surface area contributed by atoms with Gasteiger partial charge < -0.3 is 0 Å². The molecule has 0 heterocycles. The van der Waals surface area contributed by atoms with Crippen LogP contribution in [0.2, 0.25) is 0 Å². The van der Waals surface area contributed by atoms with E-state index in [-0.39, 0.29) is 0 Å². The van der Waals surface area contributed by atoms with Crippen LogP contribution in [0.5, 0.6) is 0 Å². The zero-order valence-corrected chi connectivity index (χ0v) is 24.7. The van der Waals surface area contributed by atoms with Gasteiger partial charge in [0.1, 0.15) is 0 Å². The molecule has 0 aromatic carbocycles. The topological polar surface area (TPSA) is 44.8 Å². The molecule has 0 aliphatic carbocycles. The summed E-state index contributed by atoms with van der Waals surface area (Å²) in [5.74, 6) is 0. The number of rotatable bonds is 14. The average Bonchev–Trinajstić information content (AvgIpc) is 2.63. The summed E-state index contributed by atoms with van der Waals surface area (Å²) < 4.78 is 34.8. The van der Waals surface area contributed by atoms with Gasteiger partial charge >= 0.3 is 177 Å². The van der Waals surface area contributed by atoms with Crippen molar-refractivity contribution in [1.29, 1.82) is 0 Å². The molecule has 0 bridgehead atoms. The van der Waals surface area contributed by atoms with Crippen LogP contribution in [0.25, 0.3) is 0 Å². The third kappa shape index (κ3) is 6.45. The van der Waals surface area contributed by atoms with Gasteiger partial charge in [-0.3, -0.25) is 0 Å². The first kappa shape index (κ1) is 29.4. The van der Waals surface area contributed by atoms with Crippen molar-refractivity contribution in [2.75, 3.05) is 76.0 Å². The summed E-state index contributed by atoms with van der Waals surface area (Å²) in [5, 5.41) is 0. The summed E-state index contributed by atoms with van der Waals surface area (Å²) in [4.78, 5) is 0. The molecule has 0 N–H and O–H groups in total. The molecule has 28 heavy (non-hydrogen) atoms. The molecule has 0 aliphatic heterocycles. The van der Waals surface area contributed by atoms with Gasteiger partial charge in [0.05, 0.1) is 0 Å². The van der Waals surface area contributed by atoms with Crippen molar-refractivity contribution in [3.63, 3.8) is 0 Å². The van der Waals surface area contributed by atoms with Crippen LogP contribution in [0.1, 0.15) is 55.4 Å². The van der Waals surface area contributed by atoms with Gasteiger partial charge in [0, 0.05) is 0 Å². The molecule has 0 radical (unpaired) electrons. The van der Waals surface area contributed by atoms with Crippen LogP contribution >= 0.6 is 28.3 Å². The van der Waals surface area contributed by atoms with Crippen molar-refractivity contribution >= 4 is 28.3 Å². The predicted octanol–water partition coefficient (Wildman–Crippen LogP) is 8.23. The van der Waals surface area contributed by atoms with Gasteiger partial charge in [-0.1, -0.05) is 0 Å². The van der Waals surface area contributed by atoms with Crippen LogP contribution in [0.4, 0.5) is 0 Å². The fourth-order valence-electron chi connectivity index (χ4n) is 4.16. The van der Waals surface area contributed by atoms with E-state index in [1.807, 2.05) is 0 Å². The summed E-state index contributed by atoms with van der Waals surface area (Å²) in [6.45, 7) is 17.9. The molecular formula is C20H52O4P4. The van der Waals surface area contributed by atoms with Crippen molar-refractivity contribution in [1.82, 2.24) is 0 Å². The second kappa shape index (κ2) is 9.10. The van der Waals surface area contributed by atoms with Crippen LogP contribution in [-0.2, 0) is 17.5 Å². The van der Waals surface area contributed by atoms with Gasteiger partial charge in [-0.25, -0.2) is 0 Å². The first-order valence-electron chi connectivity index (χ1n) is 11.3. The molecule has 176 valence electrons. The van der Waals surface area contributed by atoms with Crippen molar-refractivity contribution in [2.24, 2.45) is 0 Å². The summed E-state index contributed by atoms with van der Waals surface area (Å²) >= 11 is 0. The molecule has 0 unspecified atom stereocenters. The second-order valence-electron chi connectivity index (χ2n) is 10.4. The molecular weight excluding hydrogens is 428 g/mol. The Hall–Kier alpha value is 1.40. The quantitative estimate of drug-likeness (QED) is 0.235. The van der Waals surface area contributed by atoms with Gasteiger partial charge in [-0.15, -0.1) is 0 Å². The summed E-state index contributed by atoms with van der Waals surface area (Å²) in [6.07, 6.45) is 7.29. The van der Waals surface area contributed by atoms with Crippen molar-refractivity contribution in [2.45, 2.75) is 55.4 Å². The Kier molecular flexibility index (Phi) is 9.56. The van der Waals surface area contributed by atoms with Crippen LogP contribution < -0.4 is 0 Å². The first-order valence-corrected chi connectivity index (χ1v) is 22.4. The van der Waals surface area contributed by atoms with Crippen molar-refractivity contribution in [3.8, 4) is 0 Å². The van der Waals surface area contributed by atoms with E-state index < -0.39 is 28.3 Å². The Morgan fingerprint density at radius 2 is 0.714 bits per heavy atom. The standard InChI is InChI=1S/C20H52O4P4/c1-13-27(14-2,15-3,16-4)23-25(21,22-26(9,10,11)12)24-28(17-5,18-6,19-7)20-8/h13-20H2,1-12H3. The fraction of sp³-hybridized carbons (Fsp3) is 1.00. The third-order valence-corrected chi connectivity index (χ3v) is 29.0. The van der Waals surface area contributed by atoms with E-state index in [4.69, 9.17) is 12.9 Å². The molecule has 0 saturated heterocycles. The number of hydrogen-bond acceptors (Lipinski definition) is 4. The van der Waals surface area contributed by atoms with E-state index >= 15 is 0 Å². The monoisotopic (exact) mass is 480 g/mol. The maximum absolute atomic E-state index is 14.6. The fourth-order valence-corrected chi connectivity index (χ4v) is 22.1. The minimum absolute atomic E-state index is 0.912. The summed E-state index contributed by atoms with van der Waals surface area (Å²) in [6, 6.07) is 0. The van der Waals surface area contributed by atoms with E-state index in [0.29, 0.717) is 0 Å². The van der Waals surface area contributed by atoms with Crippen LogP contribution in [0, 0.1) is 0 Å². The molecule has 0 spiro atoms. The molecule has 4 nitrogen and oxygen atoms in total. The Morgan fingerprint density at radius 1 is 0.500 bits per heavy atom. The summed E-state index contributed by atoms with van der Waals surface area (Å²) in [7, 11) is -3.74. The van der Waals surface area contributed by atoms with Crippen molar-refractivity contribution < 1.29 is 17.5 Å². The minimum atomic E-state index is -3.74. The normalized spacial score (nSPS) is 20.2. The van der Waals surface area contributed by atoms with Gasteiger partial charge in [-0.05, 0) is 0 Å². The Balaban J connectivity index is 6.70. The third-order valence-electron chi connectivity index (χ3n) is 7.49. The van der Waals surface area contributed by atoms with Crippen LogP contribution in [0.15, 0.2) is 0 Å². The zero-order chi connectivity index (χ0) is 22.6. The molecule has 0 aromatic heterocycles. The van der Waals surface area contributed by atoms with Gasteiger partial charge in [0.2, 0.25) is 0 Å². The molecule has 0 aliphatic rings. The van der Waals surface area contributed by atoms with Crippen molar-refractivity contribution in [3.05, 3.63) is 0 Å². The average molecular weight is 481 g/mol. The molecule has 0 aromatic rings. The van der Waals surface area contributed by atoms with Crippen LogP contribution in [-0.4, -0.2) is 76.0 Å². The van der Waals surface area contributed by atoms with E-state index in [2.05, 4.69) is 82.0 Å². The first-order chi connectivity index (χ1) is 12.5. The Labute approximate surface area is 177 Å². The van der Waals surface area contributed by atoms with Gasteiger partial charge in [-0.2, -0.15) is 0 Å². The number of hydrogen-bond donors (Lipinski definition) is 0. The molecule has 0 amide bonds. The van der Waals surface area contributed by atoms with Crippen LogP contribution in [0.3, 0.4) is 0 Å². The van der Waals surface area contributed by atoms with E-state index in [9.17, 15) is 4.57 Å². The van der Waals surface area contributed by atoms with Gasteiger partial charge in [0.25, 0.3) is 0 Å². The van der Waals surface area contributed by atoms with E-state index in [0.717, 1.165) is 49.3 Å². The molecule has 0 rings (SSSR count). The SMILES string of the molecule is CCP(CC)(CC)(CC)OP(=O)(OP(C)(C)(C)C)OP(CC)(CC)(CC)CC. The molecule has 0 saturated carbocycles. The molecule has 0 atom stereocenters. The predicted molar refractivity (Wildman–Crippen MR) is 140 cm³/mol. The number of phosphoric acid groups is 1. The zero-order valence-electron chi connectivity index (χ0n) is 21.1. The van der Waals surface area contributed by atoms with Gasteiger partial charge in [0.15, 0.2) is 0 Å². The molecule has 0 fully saturated rings. The Morgan fingerprint density at radius 3 is 0.857 bits per heavy atom. The van der Waals surface area contributed by atoms with E-state index in [1.165, 1.54) is 0 Å². The molecule has 8 heteroatoms. The summed E-state index contributed by atoms with van der Waals surface area (Å²) in [5.41, 5.74) is 0.